The van der Waals surface area contributed by atoms with Gasteiger partial charge in [-0.15, -0.1) is 0 Å². The predicted molar refractivity (Wildman–Crippen MR) is 184 cm³/mol. The van der Waals surface area contributed by atoms with Crippen LogP contribution in [0, 0.1) is 0 Å². The lowest BCUT2D eigenvalue weighted by molar-refractivity contribution is -0.126. The van der Waals surface area contributed by atoms with E-state index in [1.807, 2.05) is 74.5 Å². The first-order valence-corrected chi connectivity index (χ1v) is 15.9. The molecule has 236 valence electrons. The molecule has 8 nitrogen and oxygen atoms in total. The summed E-state index contributed by atoms with van der Waals surface area (Å²) in [6.07, 6.45) is 8.18. The molecule has 46 heavy (non-hydrogen) atoms. The van der Waals surface area contributed by atoms with Crippen molar-refractivity contribution >= 4 is 40.7 Å². The largest absolute Gasteiger partial charge is 0.490 e. The van der Waals surface area contributed by atoms with Crippen LogP contribution in [0.2, 0.25) is 0 Å². The smallest absolute Gasteiger partial charge is 0.285 e. The molecule has 4 rings (SSSR count). The van der Waals surface area contributed by atoms with Crippen molar-refractivity contribution in [2.75, 3.05) is 19.0 Å². The van der Waals surface area contributed by atoms with Gasteiger partial charge in [-0.2, -0.15) is 4.99 Å². The fourth-order valence-corrected chi connectivity index (χ4v) is 5.53. The molecule has 3 aromatic rings. The normalized spacial score (nSPS) is 14.5. The second-order valence-corrected chi connectivity index (χ2v) is 10.8. The second kappa shape index (κ2) is 16.8. The van der Waals surface area contributed by atoms with Crippen molar-refractivity contribution in [2.24, 2.45) is 4.99 Å². The Morgan fingerprint density at radius 2 is 1.59 bits per heavy atom. The minimum atomic E-state index is -0.703. The fourth-order valence-electron chi connectivity index (χ4n) is 4.72. The van der Waals surface area contributed by atoms with Crippen LogP contribution in [-0.4, -0.2) is 46.8 Å². The molecule has 0 bridgehead atoms. The number of aliphatic imine (C=N–C) groups is 1. The van der Waals surface area contributed by atoms with Gasteiger partial charge in [0.15, 0.2) is 16.7 Å². The summed E-state index contributed by atoms with van der Waals surface area (Å²) >= 11 is 1.01. The van der Waals surface area contributed by atoms with Crippen molar-refractivity contribution in [2.45, 2.75) is 26.8 Å². The first-order chi connectivity index (χ1) is 22.4. The SMILES string of the molecule is C=C/C=C\C(=C/C)N1C(=O)/C(=C/c2ccc(OCC)c(OCC)c2)C(=O)N=C1SCC(=O)NC(c1ccccc1)c1ccccc1. The summed E-state index contributed by atoms with van der Waals surface area (Å²) in [5.41, 5.74) is 2.78. The maximum Gasteiger partial charge on any atom is 0.285 e. The van der Waals surface area contributed by atoms with E-state index < -0.39 is 11.8 Å². The van der Waals surface area contributed by atoms with Gasteiger partial charge in [-0.3, -0.25) is 19.3 Å². The summed E-state index contributed by atoms with van der Waals surface area (Å²) < 4.78 is 11.4. The van der Waals surface area contributed by atoms with Crippen molar-refractivity contribution in [1.82, 2.24) is 10.2 Å². The van der Waals surface area contributed by atoms with Crippen LogP contribution in [0.4, 0.5) is 0 Å². The minimum absolute atomic E-state index is 0.0795. The van der Waals surface area contributed by atoms with Crippen LogP contribution in [0.1, 0.15) is 43.5 Å². The highest BCUT2D eigenvalue weighted by Crippen LogP contribution is 2.31. The lowest BCUT2D eigenvalue weighted by Crippen LogP contribution is -2.42. The number of ether oxygens (including phenoxy) is 2. The van der Waals surface area contributed by atoms with Crippen molar-refractivity contribution in [1.29, 1.82) is 0 Å². The summed E-state index contributed by atoms with van der Waals surface area (Å²) in [6.45, 7) is 10.1. The molecule has 0 unspecified atom stereocenters. The molecular weight excluding hydrogens is 598 g/mol. The average molecular weight is 636 g/mol. The molecule has 0 atom stereocenters. The molecule has 0 aromatic heterocycles. The maximum absolute atomic E-state index is 14.0. The van der Waals surface area contributed by atoms with Gasteiger partial charge >= 0.3 is 0 Å². The number of nitrogens with one attached hydrogen (secondary N) is 1. The fraction of sp³-hybridized carbons (Fsp3) is 0.189. The van der Waals surface area contributed by atoms with Crippen LogP contribution < -0.4 is 14.8 Å². The van der Waals surface area contributed by atoms with Gasteiger partial charge in [0, 0.05) is 5.70 Å². The van der Waals surface area contributed by atoms with Gasteiger partial charge < -0.3 is 14.8 Å². The van der Waals surface area contributed by atoms with E-state index in [1.54, 1.807) is 49.4 Å². The van der Waals surface area contributed by atoms with E-state index in [0.717, 1.165) is 22.9 Å². The molecule has 0 aliphatic carbocycles. The first kappa shape index (κ1) is 33.7. The number of thioether (sulfide) groups is 1. The van der Waals surface area contributed by atoms with E-state index in [4.69, 9.17) is 9.47 Å². The quantitative estimate of drug-likeness (QED) is 0.125. The molecule has 0 fully saturated rings. The number of hydrogen-bond donors (Lipinski definition) is 1. The molecule has 1 aliphatic heterocycles. The minimum Gasteiger partial charge on any atom is -0.490 e. The summed E-state index contributed by atoms with van der Waals surface area (Å²) in [5.74, 6) is -0.563. The van der Waals surface area contributed by atoms with E-state index in [9.17, 15) is 14.4 Å². The monoisotopic (exact) mass is 635 g/mol. The number of benzene rings is 3. The molecule has 1 N–H and O–H groups in total. The van der Waals surface area contributed by atoms with Gasteiger partial charge in [0.05, 0.1) is 25.0 Å². The third-order valence-corrected chi connectivity index (χ3v) is 7.73. The molecule has 0 saturated carbocycles. The molecule has 0 spiro atoms. The van der Waals surface area contributed by atoms with Crippen LogP contribution in [0.3, 0.4) is 0 Å². The van der Waals surface area contributed by atoms with Gasteiger partial charge in [-0.05, 0) is 61.7 Å². The summed E-state index contributed by atoms with van der Waals surface area (Å²) in [5, 5.41) is 3.19. The molecule has 3 aromatic carbocycles. The van der Waals surface area contributed by atoms with Crippen LogP contribution in [-0.2, 0) is 14.4 Å². The third-order valence-electron chi connectivity index (χ3n) is 6.79. The highest BCUT2D eigenvalue weighted by Gasteiger charge is 2.35. The summed E-state index contributed by atoms with van der Waals surface area (Å²) in [6, 6.07) is 24.2. The predicted octanol–water partition coefficient (Wildman–Crippen LogP) is 6.88. The van der Waals surface area contributed by atoms with Crippen LogP contribution in [0.25, 0.3) is 6.08 Å². The number of carbonyl (C=O) groups excluding carboxylic acids is 3. The van der Waals surface area contributed by atoms with Gasteiger partial charge in [0.2, 0.25) is 5.91 Å². The Morgan fingerprint density at radius 3 is 2.17 bits per heavy atom. The van der Waals surface area contributed by atoms with Crippen molar-refractivity contribution in [3.05, 3.63) is 138 Å². The zero-order valence-corrected chi connectivity index (χ0v) is 27.0. The third kappa shape index (κ3) is 8.51. The number of carbonyl (C=O) groups is 3. The number of amidine groups is 1. The average Bonchev–Trinajstić information content (AvgIpc) is 3.07. The van der Waals surface area contributed by atoms with E-state index >= 15 is 0 Å². The number of rotatable bonds is 13. The molecule has 3 amide bonds. The zero-order chi connectivity index (χ0) is 32.9. The van der Waals surface area contributed by atoms with E-state index in [2.05, 4.69) is 16.9 Å². The number of allylic oxidation sites excluding steroid dienone is 4. The summed E-state index contributed by atoms with van der Waals surface area (Å²) in [7, 11) is 0. The Balaban J connectivity index is 1.63. The van der Waals surface area contributed by atoms with E-state index in [0.29, 0.717) is 36.0 Å². The first-order valence-electron chi connectivity index (χ1n) is 15.0. The zero-order valence-electron chi connectivity index (χ0n) is 26.1. The molecule has 1 aliphatic rings. The number of nitrogens with zero attached hydrogens (tertiary/aromatic N) is 2. The molecule has 9 heteroatoms. The molecule has 0 saturated heterocycles. The van der Waals surface area contributed by atoms with Crippen LogP contribution in [0.15, 0.2) is 126 Å². The second-order valence-electron chi connectivity index (χ2n) is 9.89. The van der Waals surface area contributed by atoms with Crippen molar-refractivity contribution in [3.63, 3.8) is 0 Å². The highest BCUT2D eigenvalue weighted by molar-refractivity contribution is 8.14. The van der Waals surface area contributed by atoms with Gasteiger partial charge in [-0.1, -0.05) is 103 Å². The lowest BCUT2D eigenvalue weighted by atomic mass is 9.99. The van der Waals surface area contributed by atoms with Gasteiger partial charge in [0.1, 0.15) is 5.57 Å². The van der Waals surface area contributed by atoms with Gasteiger partial charge in [0.25, 0.3) is 11.8 Å². The standard InChI is InChI=1S/C37H37N3O5S/c1-5-9-20-29(6-2)40-36(43)30(23-26-21-22-31(44-7-3)32(24-26)45-8-4)35(42)39-37(40)46-25-33(41)38-34(27-16-12-10-13-17-27)28-18-14-11-15-19-28/h5-6,9-24,34H,1,7-8,25H2,2-4H3,(H,38,41)/b20-9-,29-6+,30-23+. The molecule has 0 radical (unpaired) electrons. The Kier molecular flexibility index (Phi) is 12.3. The van der Waals surface area contributed by atoms with Crippen molar-refractivity contribution < 1.29 is 23.9 Å². The Labute approximate surface area is 274 Å². The Hall–Kier alpha value is -5.15. The van der Waals surface area contributed by atoms with E-state index in [-0.39, 0.29) is 28.4 Å². The highest BCUT2D eigenvalue weighted by atomic mass is 32.2. The lowest BCUT2D eigenvalue weighted by Gasteiger charge is -2.28. The molecular formula is C37H37N3O5S. The van der Waals surface area contributed by atoms with Crippen LogP contribution >= 0.6 is 11.8 Å². The summed E-state index contributed by atoms with van der Waals surface area (Å²) in [4.78, 5) is 46.3. The maximum atomic E-state index is 14.0. The Morgan fingerprint density at radius 1 is 0.957 bits per heavy atom. The van der Waals surface area contributed by atoms with Crippen LogP contribution in [0.5, 0.6) is 11.5 Å². The number of amides is 3. The number of hydrogen-bond acceptors (Lipinski definition) is 6. The Bertz CT molecular complexity index is 1640. The van der Waals surface area contributed by atoms with E-state index in [1.165, 1.54) is 11.0 Å². The molecule has 1 heterocycles. The van der Waals surface area contributed by atoms with Crippen molar-refractivity contribution in [3.8, 4) is 11.5 Å². The topological polar surface area (TPSA) is 97.3 Å². The van der Waals surface area contributed by atoms with Gasteiger partial charge in [-0.25, -0.2) is 0 Å².